The Morgan fingerprint density at radius 3 is 2.65 bits per heavy atom. The fourth-order valence-corrected chi connectivity index (χ4v) is 2.75. The number of likely N-dealkylation sites (tertiary alicyclic amines) is 1. The van der Waals surface area contributed by atoms with Gasteiger partial charge in [-0.15, -0.1) is 0 Å². The number of rotatable bonds is 4. The van der Waals surface area contributed by atoms with Gasteiger partial charge < -0.3 is 5.32 Å². The van der Waals surface area contributed by atoms with E-state index in [2.05, 4.69) is 17.1 Å². The molecule has 6 heteroatoms. The quantitative estimate of drug-likeness (QED) is 0.686. The third kappa shape index (κ3) is 3.48. The van der Waals surface area contributed by atoms with Crippen molar-refractivity contribution in [1.29, 1.82) is 0 Å². The predicted octanol–water partition coefficient (Wildman–Crippen LogP) is 2.82. The Labute approximate surface area is 124 Å². The minimum atomic E-state index is -0.340. The van der Waals surface area contributed by atoms with Crippen LogP contribution in [0.25, 0.3) is 0 Å². The molecule has 1 saturated heterocycles. The smallest absolute Gasteiger partial charge is 0.273 e. The molecule has 0 bridgehead atoms. The minimum Gasteiger partial charge on any atom is -0.314 e. The molecule has 1 N–H and O–H groups in total. The molecule has 1 aromatic carbocycles. The predicted molar refractivity (Wildman–Crippen MR) is 80.1 cm³/mol. The fraction of sp³-hybridized carbons (Fsp3) is 0.571. The van der Waals surface area contributed by atoms with Crippen molar-refractivity contribution in [3.05, 3.63) is 38.9 Å². The monoisotopic (exact) mass is 297 g/mol. The van der Waals surface area contributed by atoms with Gasteiger partial charge in [0.05, 0.1) is 4.92 Å². The molecule has 2 rings (SSSR count). The van der Waals surface area contributed by atoms with Gasteiger partial charge in [0, 0.05) is 41.8 Å². The van der Waals surface area contributed by atoms with Crippen LogP contribution in [0.3, 0.4) is 0 Å². The van der Waals surface area contributed by atoms with Gasteiger partial charge in [-0.2, -0.15) is 0 Å². The fourth-order valence-electron chi connectivity index (χ4n) is 2.55. The summed E-state index contributed by atoms with van der Waals surface area (Å²) in [5.41, 5.74) is 1.02. The first-order valence-corrected chi connectivity index (χ1v) is 7.15. The molecule has 5 nitrogen and oxygen atoms in total. The van der Waals surface area contributed by atoms with E-state index in [4.69, 9.17) is 11.6 Å². The molecule has 1 heterocycles. The van der Waals surface area contributed by atoms with Crippen LogP contribution < -0.4 is 5.32 Å². The highest BCUT2D eigenvalue weighted by Gasteiger charge is 2.29. The molecule has 0 aliphatic carbocycles. The van der Waals surface area contributed by atoms with Crippen LogP contribution in [0.5, 0.6) is 0 Å². The van der Waals surface area contributed by atoms with Gasteiger partial charge in [0.1, 0.15) is 0 Å². The lowest BCUT2D eigenvalue weighted by Crippen LogP contribution is -2.49. The van der Waals surface area contributed by atoms with Crippen molar-refractivity contribution in [1.82, 2.24) is 10.2 Å². The van der Waals surface area contributed by atoms with E-state index in [9.17, 15) is 10.1 Å². The average Bonchev–Trinajstić information content (AvgIpc) is 2.41. The summed E-state index contributed by atoms with van der Waals surface area (Å²) in [4.78, 5) is 13.0. The van der Waals surface area contributed by atoms with Crippen molar-refractivity contribution < 1.29 is 4.92 Å². The van der Waals surface area contributed by atoms with Crippen LogP contribution in [-0.2, 0) is 6.54 Å². The number of nitro groups is 1. The Bertz CT molecular complexity index is 499. The summed E-state index contributed by atoms with van der Waals surface area (Å²) in [5.74, 6) is 0. The first kappa shape index (κ1) is 15.2. The summed E-state index contributed by atoms with van der Waals surface area (Å²) >= 11 is 5.96. The van der Waals surface area contributed by atoms with Crippen LogP contribution in [0, 0.1) is 10.1 Å². The Morgan fingerprint density at radius 1 is 1.45 bits per heavy atom. The lowest BCUT2D eigenvalue weighted by atomic mass is 9.89. The van der Waals surface area contributed by atoms with Crippen molar-refractivity contribution in [3.63, 3.8) is 0 Å². The third-order valence-electron chi connectivity index (χ3n) is 4.20. The van der Waals surface area contributed by atoms with E-state index < -0.39 is 0 Å². The van der Waals surface area contributed by atoms with Gasteiger partial charge in [-0.1, -0.05) is 11.6 Å². The summed E-state index contributed by atoms with van der Waals surface area (Å²) in [6, 6.07) is 4.75. The molecule has 20 heavy (non-hydrogen) atoms. The average molecular weight is 298 g/mol. The molecule has 1 aliphatic heterocycles. The number of nitrogens with one attached hydrogen (secondary N) is 1. The normalized spacial score (nSPS) is 18.9. The molecule has 0 spiro atoms. The maximum Gasteiger partial charge on any atom is 0.273 e. The zero-order valence-electron chi connectivity index (χ0n) is 11.9. The molecule has 1 aliphatic rings. The van der Waals surface area contributed by atoms with E-state index in [-0.39, 0.29) is 16.1 Å². The molecule has 1 aromatic rings. The van der Waals surface area contributed by atoms with Crippen molar-refractivity contribution in [3.8, 4) is 0 Å². The van der Waals surface area contributed by atoms with Crippen LogP contribution in [0.2, 0.25) is 5.02 Å². The number of benzene rings is 1. The van der Waals surface area contributed by atoms with E-state index in [0.717, 1.165) is 25.9 Å². The number of piperidine rings is 1. The number of nitro benzene ring substituents is 1. The van der Waals surface area contributed by atoms with E-state index in [1.165, 1.54) is 6.07 Å². The Hall–Kier alpha value is -1.17. The van der Waals surface area contributed by atoms with Crippen LogP contribution >= 0.6 is 11.6 Å². The molecule has 0 aromatic heterocycles. The van der Waals surface area contributed by atoms with E-state index in [1.54, 1.807) is 12.1 Å². The van der Waals surface area contributed by atoms with Crippen molar-refractivity contribution in [2.75, 3.05) is 20.1 Å². The van der Waals surface area contributed by atoms with Crippen LogP contribution in [-0.4, -0.2) is 35.5 Å². The van der Waals surface area contributed by atoms with E-state index >= 15 is 0 Å². The van der Waals surface area contributed by atoms with Gasteiger partial charge in [0.25, 0.3) is 5.69 Å². The molecule has 0 unspecified atom stereocenters. The van der Waals surface area contributed by atoms with E-state index in [1.807, 2.05) is 7.05 Å². The second-order valence-corrected chi connectivity index (χ2v) is 6.05. The molecule has 1 fully saturated rings. The van der Waals surface area contributed by atoms with Gasteiger partial charge >= 0.3 is 0 Å². The topological polar surface area (TPSA) is 58.4 Å². The van der Waals surface area contributed by atoms with Gasteiger partial charge in [0.15, 0.2) is 0 Å². The Balaban J connectivity index is 2.08. The molecule has 0 atom stereocenters. The zero-order chi connectivity index (χ0) is 14.8. The van der Waals surface area contributed by atoms with Crippen LogP contribution in [0.1, 0.15) is 25.3 Å². The summed E-state index contributed by atoms with van der Waals surface area (Å²) in [5, 5.41) is 14.9. The second-order valence-electron chi connectivity index (χ2n) is 5.62. The summed E-state index contributed by atoms with van der Waals surface area (Å²) in [6.45, 7) is 4.66. The Kier molecular flexibility index (Phi) is 4.62. The zero-order valence-corrected chi connectivity index (χ0v) is 12.6. The van der Waals surface area contributed by atoms with Crippen molar-refractivity contribution in [2.45, 2.75) is 31.8 Å². The summed E-state index contributed by atoms with van der Waals surface area (Å²) < 4.78 is 0. The highest BCUT2D eigenvalue weighted by molar-refractivity contribution is 6.30. The van der Waals surface area contributed by atoms with Crippen LogP contribution in [0.15, 0.2) is 18.2 Å². The van der Waals surface area contributed by atoms with Crippen LogP contribution in [0.4, 0.5) is 5.69 Å². The maximum absolute atomic E-state index is 11.1. The lowest BCUT2D eigenvalue weighted by molar-refractivity contribution is -0.385. The van der Waals surface area contributed by atoms with Gasteiger partial charge in [0.2, 0.25) is 0 Å². The minimum absolute atomic E-state index is 0.149. The van der Waals surface area contributed by atoms with Crippen molar-refractivity contribution in [2.24, 2.45) is 0 Å². The van der Waals surface area contributed by atoms with Crippen molar-refractivity contribution >= 4 is 17.3 Å². The molecule has 0 saturated carbocycles. The van der Waals surface area contributed by atoms with Gasteiger partial charge in [-0.25, -0.2) is 0 Å². The molecular weight excluding hydrogens is 278 g/mol. The summed E-state index contributed by atoms with van der Waals surface area (Å²) in [7, 11) is 1.98. The first-order valence-electron chi connectivity index (χ1n) is 6.78. The largest absolute Gasteiger partial charge is 0.314 e. The maximum atomic E-state index is 11.1. The summed E-state index contributed by atoms with van der Waals surface area (Å²) in [6.07, 6.45) is 2.08. The number of nitrogens with zero attached hydrogens (tertiary/aromatic N) is 2. The highest BCUT2D eigenvalue weighted by atomic mass is 35.5. The molecule has 0 radical (unpaired) electrons. The number of halogens is 1. The standard InChI is InChI=1S/C14H20ClN3O2/c1-14(16-2)5-7-17(8-6-14)10-11-9-12(15)3-4-13(11)18(19)20/h3-4,9,16H,5-8,10H2,1-2H3. The first-order chi connectivity index (χ1) is 9.43. The highest BCUT2D eigenvalue weighted by Crippen LogP contribution is 2.27. The Morgan fingerprint density at radius 2 is 2.10 bits per heavy atom. The lowest BCUT2D eigenvalue weighted by Gasteiger charge is -2.39. The molecule has 0 amide bonds. The third-order valence-corrected chi connectivity index (χ3v) is 4.43. The van der Waals surface area contributed by atoms with E-state index in [0.29, 0.717) is 17.1 Å². The second kappa shape index (κ2) is 6.08. The SMILES string of the molecule is CNC1(C)CCN(Cc2cc(Cl)ccc2[N+](=O)[O-])CC1. The number of hydrogen-bond acceptors (Lipinski definition) is 4. The van der Waals surface area contributed by atoms with Gasteiger partial charge in [-0.3, -0.25) is 15.0 Å². The van der Waals surface area contributed by atoms with Gasteiger partial charge in [-0.05, 0) is 38.9 Å². The molecular formula is C14H20ClN3O2. The molecule has 110 valence electrons. The number of hydrogen-bond donors (Lipinski definition) is 1.